The van der Waals surface area contributed by atoms with Gasteiger partial charge < -0.3 is 15.8 Å². The molecule has 2 aromatic heterocycles. The average Bonchev–Trinajstić information content (AvgIpc) is 3.23. The molecule has 1 amide bonds. The number of hydrogen-bond acceptors (Lipinski definition) is 5. The fraction of sp³-hybridized carbons (Fsp3) is 0.263. The molecule has 0 aliphatic carbocycles. The average molecular weight is 439 g/mol. The number of ether oxygens (including phenoxy) is 1. The quantitative estimate of drug-likeness (QED) is 0.640. The number of amides is 1. The Morgan fingerprint density at radius 2 is 2.21 bits per heavy atom. The number of rotatable bonds is 5. The van der Waals surface area contributed by atoms with E-state index in [0.717, 1.165) is 12.1 Å². The number of halogens is 3. The minimum atomic E-state index is -0.933. The lowest BCUT2D eigenvalue weighted by atomic mass is 10.1. The number of nitrogens with zero attached hydrogens (tertiary/aromatic N) is 2. The molecule has 152 valence electrons. The van der Waals surface area contributed by atoms with Gasteiger partial charge >= 0.3 is 0 Å². The van der Waals surface area contributed by atoms with Crippen molar-refractivity contribution >= 4 is 28.8 Å². The summed E-state index contributed by atoms with van der Waals surface area (Å²) < 4.78 is 34.0. The molecule has 10 heteroatoms. The maximum Gasteiger partial charge on any atom is 0.261 e. The summed E-state index contributed by atoms with van der Waals surface area (Å²) in [7, 11) is 0. The van der Waals surface area contributed by atoms with Crippen LogP contribution in [-0.2, 0) is 13.0 Å². The Morgan fingerprint density at radius 1 is 1.38 bits per heavy atom. The SMILES string of the molecule is NCC(Cc1ccc(F)c(F)c1)NC(=O)c1cc2c(s1)OCCn1ncc(Cl)c1-2. The smallest absolute Gasteiger partial charge is 0.261 e. The molecule has 1 aliphatic heterocycles. The number of fused-ring (bicyclic) bond motifs is 3. The normalized spacial score (nSPS) is 13.8. The van der Waals surface area contributed by atoms with Gasteiger partial charge in [-0.15, -0.1) is 0 Å². The lowest BCUT2D eigenvalue weighted by Gasteiger charge is -2.16. The fourth-order valence-corrected chi connectivity index (χ4v) is 4.36. The van der Waals surface area contributed by atoms with Crippen molar-refractivity contribution in [2.75, 3.05) is 13.2 Å². The van der Waals surface area contributed by atoms with E-state index in [0.29, 0.717) is 44.9 Å². The van der Waals surface area contributed by atoms with Crippen LogP contribution in [0.3, 0.4) is 0 Å². The Morgan fingerprint density at radius 3 is 2.97 bits per heavy atom. The van der Waals surface area contributed by atoms with Crippen LogP contribution in [0.4, 0.5) is 8.78 Å². The minimum Gasteiger partial charge on any atom is -0.481 e. The van der Waals surface area contributed by atoms with Crippen LogP contribution in [0.25, 0.3) is 11.3 Å². The van der Waals surface area contributed by atoms with E-state index in [1.165, 1.54) is 17.4 Å². The minimum absolute atomic E-state index is 0.144. The van der Waals surface area contributed by atoms with Crippen LogP contribution in [0.2, 0.25) is 5.02 Å². The molecule has 0 spiro atoms. The Hall–Kier alpha value is -2.49. The molecular weight excluding hydrogens is 422 g/mol. The Kier molecular flexibility index (Phi) is 5.53. The summed E-state index contributed by atoms with van der Waals surface area (Å²) in [6.45, 7) is 1.13. The van der Waals surface area contributed by atoms with Crippen molar-refractivity contribution in [2.45, 2.75) is 19.0 Å². The first-order chi connectivity index (χ1) is 14.0. The molecule has 6 nitrogen and oxygen atoms in total. The topological polar surface area (TPSA) is 82.2 Å². The number of aromatic nitrogens is 2. The molecule has 1 aliphatic rings. The molecule has 0 saturated carbocycles. The number of thiophene rings is 1. The first kappa shape index (κ1) is 19.8. The highest BCUT2D eigenvalue weighted by atomic mass is 35.5. The van der Waals surface area contributed by atoms with Crippen molar-refractivity contribution in [3.63, 3.8) is 0 Å². The zero-order valence-electron chi connectivity index (χ0n) is 15.1. The van der Waals surface area contributed by atoms with Gasteiger partial charge in [0.15, 0.2) is 16.7 Å². The van der Waals surface area contributed by atoms with Gasteiger partial charge in [0.25, 0.3) is 5.91 Å². The standard InChI is InChI=1S/C19H17ClF2N4O2S/c20-13-9-24-26-3-4-28-19-12(17(13)26)7-16(29-19)18(27)25-11(8-23)5-10-1-2-14(21)15(22)6-10/h1-2,6-7,9,11H,3-5,8,23H2,(H,25,27). The Balaban J connectivity index is 1.53. The van der Waals surface area contributed by atoms with Gasteiger partial charge in [0.2, 0.25) is 0 Å². The Labute approximate surface area is 174 Å². The molecule has 1 aromatic carbocycles. The third-order valence-corrected chi connectivity index (χ3v) is 5.92. The van der Waals surface area contributed by atoms with E-state index in [9.17, 15) is 13.6 Å². The van der Waals surface area contributed by atoms with E-state index in [1.54, 1.807) is 16.9 Å². The highest BCUT2D eigenvalue weighted by Crippen LogP contribution is 2.42. The molecule has 29 heavy (non-hydrogen) atoms. The van der Waals surface area contributed by atoms with Crippen LogP contribution < -0.4 is 15.8 Å². The zero-order valence-corrected chi connectivity index (χ0v) is 16.7. The van der Waals surface area contributed by atoms with Gasteiger partial charge in [0.1, 0.15) is 6.61 Å². The summed E-state index contributed by atoms with van der Waals surface area (Å²) in [5.74, 6) is -2.18. The summed E-state index contributed by atoms with van der Waals surface area (Å²) in [5, 5.41) is 8.15. The van der Waals surface area contributed by atoms with Gasteiger partial charge in [-0.1, -0.05) is 29.0 Å². The first-order valence-corrected chi connectivity index (χ1v) is 10.1. The van der Waals surface area contributed by atoms with Crippen molar-refractivity contribution in [3.8, 4) is 16.3 Å². The van der Waals surface area contributed by atoms with Gasteiger partial charge in [-0.3, -0.25) is 9.48 Å². The number of hydrogen-bond donors (Lipinski definition) is 2. The van der Waals surface area contributed by atoms with E-state index in [-0.39, 0.29) is 18.9 Å². The van der Waals surface area contributed by atoms with E-state index >= 15 is 0 Å². The van der Waals surface area contributed by atoms with Crippen molar-refractivity contribution < 1.29 is 18.3 Å². The van der Waals surface area contributed by atoms with E-state index in [2.05, 4.69) is 10.4 Å². The predicted molar refractivity (Wildman–Crippen MR) is 106 cm³/mol. The molecule has 0 bridgehead atoms. The van der Waals surface area contributed by atoms with Gasteiger partial charge in [-0.25, -0.2) is 8.78 Å². The highest BCUT2D eigenvalue weighted by molar-refractivity contribution is 7.16. The van der Waals surface area contributed by atoms with Crippen LogP contribution in [-0.4, -0.2) is 34.9 Å². The van der Waals surface area contributed by atoms with Gasteiger partial charge in [-0.05, 0) is 30.2 Å². The van der Waals surface area contributed by atoms with Crippen molar-refractivity contribution in [1.29, 1.82) is 0 Å². The fourth-order valence-electron chi connectivity index (χ4n) is 3.18. The number of benzene rings is 1. The molecule has 3 N–H and O–H groups in total. The number of carbonyl (C=O) groups excluding carboxylic acids is 1. The second kappa shape index (κ2) is 8.10. The molecule has 3 heterocycles. The molecule has 0 radical (unpaired) electrons. The summed E-state index contributed by atoms with van der Waals surface area (Å²) in [6, 6.07) is 4.90. The van der Waals surface area contributed by atoms with Crippen LogP contribution in [0.15, 0.2) is 30.5 Å². The lowest BCUT2D eigenvalue weighted by Crippen LogP contribution is -2.41. The maximum atomic E-state index is 13.4. The molecule has 3 aromatic rings. The third kappa shape index (κ3) is 3.98. The summed E-state index contributed by atoms with van der Waals surface area (Å²) in [6.07, 6.45) is 1.84. The van der Waals surface area contributed by atoms with Crippen LogP contribution in [0, 0.1) is 11.6 Å². The maximum absolute atomic E-state index is 13.4. The van der Waals surface area contributed by atoms with E-state index in [1.807, 2.05) is 0 Å². The predicted octanol–water partition coefficient (Wildman–Crippen LogP) is 3.24. The van der Waals surface area contributed by atoms with Crippen LogP contribution >= 0.6 is 22.9 Å². The lowest BCUT2D eigenvalue weighted by molar-refractivity contribution is 0.0942. The summed E-state index contributed by atoms with van der Waals surface area (Å²) in [4.78, 5) is 13.2. The number of carbonyl (C=O) groups is 1. The van der Waals surface area contributed by atoms with Crippen molar-refractivity contribution in [2.24, 2.45) is 5.73 Å². The molecule has 1 atom stereocenters. The van der Waals surface area contributed by atoms with Gasteiger partial charge in [-0.2, -0.15) is 5.10 Å². The zero-order chi connectivity index (χ0) is 20.5. The van der Waals surface area contributed by atoms with E-state index in [4.69, 9.17) is 22.1 Å². The molecule has 0 saturated heterocycles. The molecular formula is C19H17ClF2N4O2S. The summed E-state index contributed by atoms with van der Waals surface area (Å²) >= 11 is 7.47. The van der Waals surface area contributed by atoms with E-state index < -0.39 is 17.7 Å². The summed E-state index contributed by atoms with van der Waals surface area (Å²) in [5.41, 5.74) is 7.74. The second-order valence-electron chi connectivity index (χ2n) is 6.58. The van der Waals surface area contributed by atoms with Crippen molar-refractivity contribution in [1.82, 2.24) is 15.1 Å². The molecule has 1 unspecified atom stereocenters. The number of nitrogens with two attached hydrogens (primary N) is 1. The first-order valence-electron chi connectivity index (χ1n) is 8.89. The highest BCUT2D eigenvalue weighted by Gasteiger charge is 2.25. The van der Waals surface area contributed by atoms with Crippen LogP contribution in [0.1, 0.15) is 15.2 Å². The number of nitrogens with one attached hydrogen (secondary N) is 1. The Bertz CT molecular complexity index is 1070. The van der Waals surface area contributed by atoms with Crippen LogP contribution in [0.5, 0.6) is 5.06 Å². The molecule has 4 rings (SSSR count). The van der Waals surface area contributed by atoms with Crippen molar-refractivity contribution in [3.05, 3.63) is 57.6 Å². The second-order valence-corrected chi connectivity index (χ2v) is 8.01. The van der Waals surface area contributed by atoms with Gasteiger partial charge in [0.05, 0.1) is 33.9 Å². The largest absolute Gasteiger partial charge is 0.481 e. The monoisotopic (exact) mass is 438 g/mol. The van der Waals surface area contributed by atoms with Gasteiger partial charge in [0, 0.05) is 12.6 Å². The molecule has 0 fully saturated rings. The third-order valence-electron chi connectivity index (χ3n) is 4.59.